The molecule has 1 fully saturated rings. The van der Waals surface area contributed by atoms with Crippen LogP contribution in [-0.4, -0.2) is 53.4 Å². The highest BCUT2D eigenvalue weighted by molar-refractivity contribution is 5.89. The first kappa shape index (κ1) is 16.9. The average Bonchev–Trinajstić information content (AvgIpc) is 3.30. The molecule has 26 heavy (non-hydrogen) atoms. The number of carbonyl (C=O) groups excluding carboxylic acids is 1. The molecule has 1 saturated heterocycles. The Bertz CT molecular complexity index is 775. The highest BCUT2D eigenvalue weighted by Gasteiger charge is 2.29. The van der Waals surface area contributed by atoms with Gasteiger partial charge in [-0.25, -0.2) is 4.79 Å². The van der Waals surface area contributed by atoms with Crippen molar-refractivity contribution in [3.8, 4) is 0 Å². The zero-order valence-corrected chi connectivity index (χ0v) is 15.2. The lowest BCUT2D eigenvalue weighted by Gasteiger charge is -2.30. The zero-order valence-electron chi connectivity index (χ0n) is 15.2. The molecule has 0 saturated carbocycles. The molecule has 9 heteroatoms. The van der Waals surface area contributed by atoms with E-state index in [1.54, 1.807) is 0 Å². The highest BCUT2D eigenvalue weighted by atomic mass is 16.5. The largest absolute Gasteiger partial charge is 0.359 e. The number of hydrogen-bond acceptors (Lipinski definition) is 7. The van der Waals surface area contributed by atoms with E-state index in [1.165, 1.54) is 0 Å². The molecule has 0 atom stereocenters. The fraction of sp³-hybridized carbons (Fsp3) is 0.647. The molecule has 0 bridgehead atoms. The van der Waals surface area contributed by atoms with Gasteiger partial charge in [0, 0.05) is 45.1 Å². The number of aryl methyl sites for hydroxylation is 1. The van der Waals surface area contributed by atoms with Gasteiger partial charge in [-0.3, -0.25) is 5.32 Å². The van der Waals surface area contributed by atoms with E-state index in [0.717, 1.165) is 49.8 Å². The van der Waals surface area contributed by atoms with Crippen LogP contribution in [0.4, 0.5) is 16.6 Å². The Morgan fingerprint density at radius 2 is 1.92 bits per heavy atom. The minimum Gasteiger partial charge on any atom is -0.359 e. The van der Waals surface area contributed by atoms with E-state index in [4.69, 9.17) is 9.05 Å². The summed E-state index contributed by atoms with van der Waals surface area (Å²) in [7, 11) is 3.76. The maximum atomic E-state index is 12.6. The Kier molecular flexibility index (Phi) is 4.52. The Hall–Kier alpha value is -2.58. The van der Waals surface area contributed by atoms with Crippen molar-refractivity contribution >= 4 is 17.8 Å². The third-order valence-corrected chi connectivity index (χ3v) is 5.14. The van der Waals surface area contributed by atoms with Crippen LogP contribution in [0.1, 0.15) is 48.8 Å². The molecule has 2 amide bonds. The van der Waals surface area contributed by atoms with E-state index in [0.29, 0.717) is 30.7 Å². The SMILES string of the molecule is CN(C)c1noc(C2CCN(C(=O)Nc3noc4c3CCCC4)CC2)n1. The first-order chi connectivity index (χ1) is 12.6. The van der Waals surface area contributed by atoms with Gasteiger partial charge in [-0.2, -0.15) is 4.98 Å². The van der Waals surface area contributed by atoms with Crippen molar-refractivity contribution in [3.63, 3.8) is 0 Å². The van der Waals surface area contributed by atoms with Crippen LogP contribution in [0.3, 0.4) is 0 Å². The second-order valence-electron chi connectivity index (χ2n) is 7.16. The van der Waals surface area contributed by atoms with Gasteiger partial charge in [-0.15, -0.1) is 0 Å². The average molecular weight is 360 g/mol. The minimum absolute atomic E-state index is 0.121. The van der Waals surface area contributed by atoms with Gasteiger partial charge < -0.3 is 18.8 Å². The van der Waals surface area contributed by atoms with Crippen LogP contribution in [0.5, 0.6) is 0 Å². The van der Waals surface area contributed by atoms with Crippen molar-refractivity contribution in [2.75, 3.05) is 37.4 Å². The minimum atomic E-state index is -0.121. The molecule has 9 nitrogen and oxygen atoms in total. The van der Waals surface area contributed by atoms with Crippen LogP contribution < -0.4 is 10.2 Å². The fourth-order valence-electron chi connectivity index (χ4n) is 3.57. The summed E-state index contributed by atoms with van der Waals surface area (Å²) < 4.78 is 10.7. The number of likely N-dealkylation sites (tertiary alicyclic amines) is 1. The number of piperidine rings is 1. The lowest BCUT2D eigenvalue weighted by atomic mass is 9.97. The van der Waals surface area contributed by atoms with Gasteiger partial charge in [0.1, 0.15) is 5.76 Å². The van der Waals surface area contributed by atoms with E-state index < -0.39 is 0 Å². The molecule has 0 spiro atoms. The third-order valence-electron chi connectivity index (χ3n) is 5.14. The third kappa shape index (κ3) is 3.25. The van der Waals surface area contributed by atoms with Gasteiger partial charge in [0.15, 0.2) is 5.82 Å². The molecule has 0 aromatic carbocycles. The number of anilines is 2. The number of fused-ring (bicyclic) bond motifs is 1. The van der Waals surface area contributed by atoms with Crippen LogP contribution in [0, 0.1) is 0 Å². The Labute approximate surface area is 151 Å². The molecule has 2 aliphatic rings. The quantitative estimate of drug-likeness (QED) is 0.897. The monoisotopic (exact) mass is 360 g/mol. The number of carbonyl (C=O) groups is 1. The summed E-state index contributed by atoms with van der Waals surface area (Å²) in [5.74, 6) is 2.92. The molecule has 140 valence electrons. The number of amides is 2. The van der Waals surface area contributed by atoms with Gasteiger partial charge >= 0.3 is 6.03 Å². The molecule has 0 radical (unpaired) electrons. The summed E-state index contributed by atoms with van der Waals surface area (Å²) in [5, 5.41) is 10.9. The smallest absolute Gasteiger partial charge is 0.323 e. The van der Waals surface area contributed by atoms with Gasteiger partial charge in [-0.05, 0) is 37.3 Å². The first-order valence-corrected chi connectivity index (χ1v) is 9.16. The summed E-state index contributed by atoms with van der Waals surface area (Å²) in [6.45, 7) is 1.30. The number of rotatable bonds is 3. The van der Waals surface area contributed by atoms with Crippen molar-refractivity contribution in [2.45, 2.75) is 44.4 Å². The van der Waals surface area contributed by atoms with E-state index in [9.17, 15) is 4.79 Å². The fourth-order valence-corrected chi connectivity index (χ4v) is 3.57. The standard InChI is InChI=1S/C17H24N6O3/c1-22(2)16-19-15(26-21-16)11-7-9-23(10-8-11)17(24)18-14-12-5-3-4-6-13(12)25-20-14/h11H,3-10H2,1-2H3,(H,18,20,24). The molecule has 1 aliphatic heterocycles. The maximum absolute atomic E-state index is 12.6. The van der Waals surface area contributed by atoms with E-state index >= 15 is 0 Å². The lowest BCUT2D eigenvalue weighted by Crippen LogP contribution is -2.40. The van der Waals surface area contributed by atoms with Crippen LogP contribution in [0.25, 0.3) is 0 Å². The number of aromatic nitrogens is 3. The first-order valence-electron chi connectivity index (χ1n) is 9.16. The van der Waals surface area contributed by atoms with E-state index in [-0.39, 0.29) is 11.9 Å². The van der Waals surface area contributed by atoms with Crippen LogP contribution in [0.15, 0.2) is 9.05 Å². The second-order valence-corrected chi connectivity index (χ2v) is 7.16. The lowest BCUT2D eigenvalue weighted by molar-refractivity contribution is 0.187. The van der Waals surface area contributed by atoms with E-state index in [2.05, 4.69) is 20.6 Å². The Morgan fingerprint density at radius 1 is 1.15 bits per heavy atom. The predicted molar refractivity (Wildman–Crippen MR) is 94.3 cm³/mol. The molecular formula is C17H24N6O3. The summed E-state index contributed by atoms with van der Waals surface area (Å²) >= 11 is 0. The summed E-state index contributed by atoms with van der Waals surface area (Å²) in [6.07, 6.45) is 5.67. The molecular weight excluding hydrogens is 336 g/mol. The molecule has 1 N–H and O–H groups in total. The molecule has 1 aliphatic carbocycles. The van der Waals surface area contributed by atoms with Crippen molar-refractivity contribution in [1.82, 2.24) is 20.2 Å². The molecule has 2 aromatic rings. The van der Waals surface area contributed by atoms with Gasteiger partial charge in [0.05, 0.1) is 0 Å². The summed E-state index contributed by atoms with van der Waals surface area (Å²) in [6, 6.07) is -0.121. The topological polar surface area (TPSA) is 101 Å². The predicted octanol–water partition coefficient (Wildman–Crippen LogP) is 2.41. The summed E-state index contributed by atoms with van der Waals surface area (Å²) in [5.41, 5.74) is 1.06. The number of nitrogens with one attached hydrogen (secondary N) is 1. The number of urea groups is 1. The van der Waals surface area contributed by atoms with Crippen molar-refractivity contribution in [1.29, 1.82) is 0 Å². The zero-order chi connectivity index (χ0) is 18.1. The van der Waals surface area contributed by atoms with Crippen molar-refractivity contribution < 1.29 is 13.8 Å². The van der Waals surface area contributed by atoms with Crippen LogP contribution in [-0.2, 0) is 12.8 Å². The van der Waals surface area contributed by atoms with Crippen molar-refractivity contribution in [2.24, 2.45) is 0 Å². The normalized spacial score (nSPS) is 17.8. The van der Waals surface area contributed by atoms with Gasteiger partial charge in [0.25, 0.3) is 5.95 Å². The highest BCUT2D eigenvalue weighted by Crippen LogP contribution is 2.30. The molecule has 0 unspecified atom stereocenters. The van der Waals surface area contributed by atoms with Gasteiger partial charge in [0.2, 0.25) is 5.89 Å². The number of nitrogens with zero attached hydrogens (tertiary/aromatic N) is 5. The summed E-state index contributed by atoms with van der Waals surface area (Å²) in [4.78, 5) is 20.6. The van der Waals surface area contributed by atoms with Crippen molar-refractivity contribution in [3.05, 3.63) is 17.2 Å². The Morgan fingerprint density at radius 3 is 2.65 bits per heavy atom. The van der Waals surface area contributed by atoms with Gasteiger partial charge in [-0.1, -0.05) is 5.16 Å². The number of hydrogen-bond donors (Lipinski definition) is 1. The maximum Gasteiger partial charge on any atom is 0.323 e. The molecule has 4 rings (SSSR count). The molecule has 3 heterocycles. The molecule has 2 aromatic heterocycles. The Balaban J connectivity index is 1.34. The second kappa shape index (κ2) is 6.97. The van der Waals surface area contributed by atoms with E-state index in [1.807, 2.05) is 23.9 Å². The van der Waals surface area contributed by atoms with Crippen LogP contribution >= 0.6 is 0 Å². The van der Waals surface area contributed by atoms with Crippen LogP contribution in [0.2, 0.25) is 0 Å².